The zero-order chi connectivity index (χ0) is 22.1. The normalized spacial score (nSPS) is 16.6. The molecule has 1 fully saturated rings. The molecular weight excluding hydrogens is 397 g/mol. The molecule has 31 heavy (non-hydrogen) atoms. The highest BCUT2D eigenvalue weighted by molar-refractivity contribution is 5.54. The van der Waals surface area contributed by atoms with Gasteiger partial charge in [0.2, 0.25) is 0 Å². The number of benzene rings is 1. The molecule has 164 valence electrons. The number of aromatic nitrogens is 2. The van der Waals surface area contributed by atoms with Crippen LogP contribution in [0.4, 0.5) is 4.39 Å². The molecule has 1 saturated heterocycles. The third-order valence-corrected chi connectivity index (χ3v) is 6.31. The minimum Gasteiger partial charge on any atom is -0.504 e. The van der Waals surface area contributed by atoms with Gasteiger partial charge in [-0.2, -0.15) is 0 Å². The highest BCUT2D eigenvalue weighted by Gasteiger charge is 2.26. The van der Waals surface area contributed by atoms with Crippen LogP contribution in [0.5, 0.6) is 5.75 Å². The van der Waals surface area contributed by atoms with E-state index in [4.69, 9.17) is 0 Å². The van der Waals surface area contributed by atoms with E-state index in [2.05, 4.69) is 9.88 Å². The summed E-state index contributed by atoms with van der Waals surface area (Å²) in [7, 11) is 0. The van der Waals surface area contributed by atoms with Crippen LogP contribution in [0, 0.1) is 25.6 Å². The fourth-order valence-electron chi connectivity index (χ4n) is 4.48. The molecule has 6 nitrogen and oxygen atoms in total. The Kier molecular flexibility index (Phi) is 6.07. The summed E-state index contributed by atoms with van der Waals surface area (Å²) in [6, 6.07) is 7.66. The summed E-state index contributed by atoms with van der Waals surface area (Å²) in [6.07, 6.45) is 3.39. The lowest BCUT2D eigenvalue weighted by Crippen LogP contribution is -2.37. The van der Waals surface area contributed by atoms with Crippen LogP contribution in [0.25, 0.3) is 5.65 Å². The van der Waals surface area contributed by atoms with E-state index in [0.29, 0.717) is 17.7 Å². The molecule has 1 aliphatic rings. The maximum Gasteiger partial charge on any atom is 0.261 e. The monoisotopic (exact) mass is 425 g/mol. The van der Waals surface area contributed by atoms with Crippen LogP contribution >= 0.6 is 0 Å². The fourth-order valence-corrected chi connectivity index (χ4v) is 4.48. The van der Waals surface area contributed by atoms with Crippen molar-refractivity contribution < 1.29 is 14.6 Å². The molecule has 7 heteroatoms. The second-order valence-electron chi connectivity index (χ2n) is 8.50. The number of rotatable bonds is 5. The second kappa shape index (κ2) is 8.77. The first-order valence-corrected chi connectivity index (χ1v) is 10.7. The standard InChI is InChI=1S/C24H28FN3O3/c1-15-13-21(29)23-26-16(2)20(24(31)28(23)14-15)9-12-27-10-7-18(8-11-27)22(30)17-3-5-19(25)6-4-17/h3-6,13-14,18,22,29-30H,7-12H2,1-2H3/t22-/m1/s1. The zero-order valence-electron chi connectivity index (χ0n) is 17.9. The van der Waals surface area contributed by atoms with E-state index in [1.807, 2.05) is 6.92 Å². The molecule has 1 atom stereocenters. The van der Waals surface area contributed by atoms with Crippen molar-refractivity contribution in [1.82, 2.24) is 14.3 Å². The molecule has 3 aromatic rings. The molecule has 0 radical (unpaired) electrons. The van der Waals surface area contributed by atoms with E-state index >= 15 is 0 Å². The Labute approximate surface area is 180 Å². The van der Waals surface area contributed by atoms with Gasteiger partial charge in [0.15, 0.2) is 11.4 Å². The van der Waals surface area contributed by atoms with Crippen molar-refractivity contribution in [3.63, 3.8) is 0 Å². The number of aliphatic hydroxyl groups is 1. The van der Waals surface area contributed by atoms with Gasteiger partial charge in [0, 0.05) is 24.0 Å². The molecular formula is C24H28FN3O3. The number of hydrogen-bond acceptors (Lipinski definition) is 5. The molecule has 1 aromatic carbocycles. The number of aryl methyl sites for hydroxylation is 2. The summed E-state index contributed by atoms with van der Waals surface area (Å²) in [6.45, 7) is 6.05. The van der Waals surface area contributed by atoms with Crippen LogP contribution in [0.15, 0.2) is 41.3 Å². The van der Waals surface area contributed by atoms with Gasteiger partial charge < -0.3 is 15.1 Å². The Hall–Kier alpha value is -2.77. The van der Waals surface area contributed by atoms with Crippen molar-refractivity contribution in [1.29, 1.82) is 0 Å². The first-order valence-electron chi connectivity index (χ1n) is 10.7. The lowest BCUT2D eigenvalue weighted by atomic mass is 9.87. The number of likely N-dealkylation sites (tertiary alicyclic amines) is 1. The molecule has 4 rings (SSSR count). The smallest absolute Gasteiger partial charge is 0.261 e. The van der Waals surface area contributed by atoms with E-state index < -0.39 is 6.10 Å². The van der Waals surface area contributed by atoms with E-state index in [0.717, 1.165) is 43.6 Å². The van der Waals surface area contributed by atoms with Crippen molar-refractivity contribution in [2.75, 3.05) is 19.6 Å². The summed E-state index contributed by atoms with van der Waals surface area (Å²) in [5.74, 6) is -0.151. The van der Waals surface area contributed by atoms with Crippen molar-refractivity contribution in [3.05, 3.63) is 75.1 Å². The highest BCUT2D eigenvalue weighted by atomic mass is 19.1. The SMILES string of the molecule is Cc1cc(O)c2nc(C)c(CCN3CCC([C@H](O)c4ccc(F)cc4)CC3)c(=O)n2c1. The van der Waals surface area contributed by atoms with Gasteiger partial charge in [0.1, 0.15) is 5.82 Å². The number of pyridine rings is 1. The predicted octanol–water partition coefficient (Wildman–Crippen LogP) is 3.14. The second-order valence-corrected chi connectivity index (χ2v) is 8.50. The largest absolute Gasteiger partial charge is 0.504 e. The maximum absolute atomic E-state index is 13.1. The number of aliphatic hydroxyl groups excluding tert-OH is 1. The maximum atomic E-state index is 13.1. The number of hydrogen-bond donors (Lipinski definition) is 2. The molecule has 0 aliphatic carbocycles. The molecule has 0 saturated carbocycles. The van der Waals surface area contributed by atoms with Gasteiger partial charge in [0.05, 0.1) is 6.10 Å². The average Bonchev–Trinajstić information content (AvgIpc) is 2.75. The van der Waals surface area contributed by atoms with Crippen LogP contribution in [-0.2, 0) is 6.42 Å². The van der Waals surface area contributed by atoms with E-state index in [1.54, 1.807) is 31.3 Å². The minimum atomic E-state index is -0.588. The first-order chi connectivity index (χ1) is 14.8. The molecule has 1 aliphatic heterocycles. The average molecular weight is 426 g/mol. The van der Waals surface area contributed by atoms with Crippen molar-refractivity contribution >= 4 is 5.65 Å². The Morgan fingerprint density at radius 2 is 1.87 bits per heavy atom. The van der Waals surface area contributed by atoms with Gasteiger partial charge in [-0.05, 0) is 81.4 Å². The highest BCUT2D eigenvalue weighted by Crippen LogP contribution is 2.30. The molecule has 2 N–H and O–H groups in total. The Morgan fingerprint density at radius 1 is 1.19 bits per heavy atom. The van der Waals surface area contributed by atoms with Gasteiger partial charge in [-0.25, -0.2) is 9.37 Å². The number of halogens is 1. The fraction of sp³-hybridized carbons (Fsp3) is 0.417. The zero-order valence-corrected chi connectivity index (χ0v) is 17.9. The van der Waals surface area contributed by atoms with Crippen LogP contribution < -0.4 is 5.56 Å². The van der Waals surface area contributed by atoms with Crippen molar-refractivity contribution in [3.8, 4) is 5.75 Å². The Balaban J connectivity index is 1.40. The van der Waals surface area contributed by atoms with Gasteiger partial charge in [-0.3, -0.25) is 9.20 Å². The summed E-state index contributed by atoms with van der Waals surface area (Å²) >= 11 is 0. The first kappa shape index (κ1) is 21.5. The molecule has 0 unspecified atom stereocenters. The topological polar surface area (TPSA) is 78.1 Å². The number of nitrogens with zero attached hydrogens (tertiary/aromatic N) is 3. The Bertz CT molecular complexity index is 1140. The molecule has 0 spiro atoms. The third-order valence-electron chi connectivity index (χ3n) is 6.31. The van der Waals surface area contributed by atoms with Gasteiger partial charge in [-0.1, -0.05) is 12.1 Å². The lowest BCUT2D eigenvalue weighted by Gasteiger charge is -2.34. The van der Waals surface area contributed by atoms with Crippen LogP contribution in [0.2, 0.25) is 0 Å². The molecule has 3 heterocycles. The summed E-state index contributed by atoms with van der Waals surface area (Å²) in [4.78, 5) is 19.7. The quantitative estimate of drug-likeness (QED) is 0.657. The number of fused-ring (bicyclic) bond motifs is 1. The third kappa shape index (κ3) is 4.48. The molecule has 0 amide bonds. The summed E-state index contributed by atoms with van der Waals surface area (Å²) < 4.78 is 14.6. The number of aromatic hydroxyl groups is 1. The minimum absolute atomic E-state index is 0.00790. The molecule has 2 aromatic heterocycles. The van der Waals surface area contributed by atoms with Crippen molar-refractivity contribution in [2.24, 2.45) is 5.92 Å². The molecule has 0 bridgehead atoms. The van der Waals surface area contributed by atoms with Gasteiger partial charge >= 0.3 is 0 Å². The van der Waals surface area contributed by atoms with Crippen LogP contribution in [0.3, 0.4) is 0 Å². The lowest BCUT2D eigenvalue weighted by molar-refractivity contribution is 0.0591. The van der Waals surface area contributed by atoms with Gasteiger partial charge in [-0.15, -0.1) is 0 Å². The van der Waals surface area contributed by atoms with Gasteiger partial charge in [0.25, 0.3) is 5.56 Å². The summed E-state index contributed by atoms with van der Waals surface area (Å²) in [5, 5.41) is 20.8. The Morgan fingerprint density at radius 3 is 2.55 bits per heavy atom. The summed E-state index contributed by atoms with van der Waals surface area (Å²) in [5.41, 5.74) is 3.01. The van der Waals surface area contributed by atoms with Crippen molar-refractivity contribution in [2.45, 2.75) is 39.2 Å². The van der Waals surface area contributed by atoms with Crippen LogP contribution in [-0.4, -0.2) is 44.1 Å². The van der Waals surface area contributed by atoms with E-state index in [-0.39, 0.29) is 28.7 Å². The predicted molar refractivity (Wildman–Crippen MR) is 117 cm³/mol. The van der Waals surface area contributed by atoms with E-state index in [1.165, 1.54) is 16.5 Å². The number of piperidine rings is 1. The van der Waals surface area contributed by atoms with E-state index in [9.17, 15) is 19.4 Å². The van der Waals surface area contributed by atoms with Crippen LogP contribution in [0.1, 0.15) is 41.3 Å².